The Labute approximate surface area is 119 Å². The van der Waals surface area contributed by atoms with Crippen LogP contribution in [0.3, 0.4) is 0 Å². The molecule has 1 aromatic heterocycles. The number of hydrogen-bond donors (Lipinski definition) is 2. The number of halogens is 1. The lowest BCUT2D eigenvalue weighted by Gasteiger charge is -2.02. The standard InChI is InChI=1S/C15H22ClN3/c1-2-3-4-5-9-17-10-8-15-18-13-7-6-12(16)11-14(13)19-15/h6-7,11,17H,2-5,8-10H2,1H3,(H,18,19). The largest absolute Gasteiger partial charge is 0.342 e. The second-order valence-corrected chi connectivity index (χ2v) is 5.34. The van der Waals surface area contributed by atoms with E-state index in [4.69, 9.17) is 11.6 Å². The fourth-order valence-corrected chi connectivity index (χ4v) is 2.33. The highest BCUT2D eigenvalue weighted by Crippen LogP contribution is 2.17. The van der Waals surface area contributed by atoms with E-state index < -0.39 is 0 Å². The number of H-pyrrole nitrogens is 1. The third-order valence-electron chi connectivity index (χ3n) is 3.24. The molecular weight excluding hydrogens is 258 g/mol. The lowest BCUT2D eigenvalue weighted by atomic mass is 10.2. The van der Waals surface area contributed by atoms with Crippen LogP contribution in [0.25, 0.3) is 11.0 Å². The van der Waals surface area contributed by atoms with Crippen LogP contribution < -0.4 is 5.32 Å². The van der Waals surface area contributed by atoms with E-state index in [1.54, 1.807) is 0 Å². The zero-order valence-corrected chi connectivity index (χ0v) is 12.3. The number of fused-ring (bicyclic) bond motifs is 1. The van der Waals surface area contributed by atoms with Crippen LogP contribution >= 0.6 is 11.6 Å². The predicted octanol–water partition coefficient (Wildman–Crippen LogP) is 3.93. The molecule has 0 amide bonds. The van der Waals surface area contributed by atoms with Gasteiger partial charge < -0.3 is 10.3 Å². The first-order valence-electron chi connectivity index (χ1n) is 7.14. The summed E-state index contributed by atoms with van der Waals surface area (Å²) in [4.78, 5) is 7.86. The maximum Gasteiger partial charge on any atom is 0.108 e. The Balaban J connectivity index is 1.72. The number of unbranched alkanes of at least 4 members (excludes halogenated alkanes) is 3. The van der Waals surface area contributed by atoms with Crippen LogP contribution in [-0.2, 0) is 6.42 Å². The van der Waals surface area contributed by atoms with Crippen molar-refractivity contribution < 1.29 is 0 Å². The summed E-state index contributed by atoms with van der Waals surface area (Å²) in [6.45, 7) is 4.31. The highest BCUT2D eigenvalue weighted by molar-refractivity contribution is 6.31. The Hall–Kier alpha value is -1.06. The Kier molecular flexibility index (Phi) is 5.67. The molecule has 0 spiro atoms. The summed E-state index contributed by atoms with van der Waals surface area (Å²) in [7, 11) is 0. The summed E-state index contributed by atoms with van der Waals surface area (Å²) < 4.78 is 0. The van der Waals surface area contributed by atoms with Gasteiger partial charge in [0.25, 0.3) is 0 Å². The Morgan fingerprint density at radius 3 is 2.95 bits per heavy atom. The summed E-state index contributed by atoms with van der Waals surface area (Å²) in [6.07, 6.45) is 6.16. The van der Waals surface area contributed by atoms with Gasteiger partial charge >= 0.3 is 0 Å². The number of nitrogens with one attached hydrogen (secondary N) is 2. The van der Waals surface area contributed by atoms with Crippen molar-refractivity contribution >= 4 is 22.6 Å². The van der Waals surface area contributed by atoms with Gasteiger partial charge in [-0.1, -0.05) is 37.8 Å². The van der Waals surface area contributed by atoms with Crippen LogP contribution in [0.1, 0.15) is 38.4 Å². The van der Waals surface area contributed by atoms with E-state index in [1.807, 2.05) is 18.2 Å². The van der Waals surface area contributed by atoms with Crippen molar-refractivity contribution in [1.82, 2.24) is 15.3 Å². The van der Waals surface area contributed by atoms with Crippen LogP contribution in [0.15, 0.2) is 18.2 Å². The summed E-state index contributed by atoms with van der Waals surface area (Å²) in [5, 5.41) is 4.21. The van der Waals surface area contributed by atoms with E-state index in [2.05, 4.69) is 22.2 Å². The Morgan fingerprint density at radius 2 is 2.11 bits per heavy atom. The first kappa shape index (κ1) is 14.4. The molecular formula is C15H22ClN3. The molecule has 4 heteroatoms. The van der Waals surface area contributed by atoms with Gasteiger partial charge in [-0.05, 0) is 31.2 Å². The van der Waals surface area contributed by atoms with Gasteiger partial charge in [0.2, 0.25) is 0 Å². The molecule has 1 aromatic carbocycles. The van der Waals surface area contributed by atoms with Gasteiger partial charge in [-0.3, -0.25) is 0 Å². The number of rotatable bonds is 8. The van der Waals surface area contributed by atoms with Crippen LogP contribution in [0.2, 0.25) is 5.02 Å². The molecule has 0 aliphatic heterocycles. The number of imidazole rings is 1. The highest BCUT2D eigenvalue weighted by Gasteiger charge is 2.02. The maximum atomic E-state index is 5.96. The van der Waals surface area contributed by atoms with Crippen molar-refractivity contribution in [2.75, 3.05) is 13.1 Å². The molecule has 104 valence electrons. The monoisotopic (exact) mass is 279 g/mol. The van der Waals surface area contributed by atoms with Crippen molar-refractivity contribution in [2.24, 2.45) is 0 Å². The summed E-state index contributed by atoms with van der Waals surface area (Å²) in [6, 6.07) is 5.75. The molecule has 0 fully saturated rings. The minimum atomic E-state index is 0.747. The van der Waals surface area contributed by atoms with Crippen molar-refractivity contribution in [3.8, 4) is 0 Å². The van der Waals surface area contributed by atoms with Crippen molar-refractivity contribution in [3.63, 3.8) is 0 Å². The third-order valence-corrected chi connectivity index (χ3v) is 3.47. The van der Waals surface area contributed by atoms with Gasteiger partial charge in [-0.15, -0.1) is 0 Å². The number of nitrogens with zero attached hydrogens (tertiary/aromatic N) is 1. The summed E-state index contributed by atoms with van der Waals surface area (Å²) in [5.74, 6) is 1.03. The summed E-state index contributed by atoms with van der Waals surface area (Å²) in [5.41, 5.74) is 2.01. The molecule has 0 saturated heterocycles. The van der Waals surface area contributed by atoms with Crippen molar-refractivity contribution in [1.29, 1.82) is 0 Å². The van der Waals surface area contributed by atoms with Crippen LogP contribution in [0.5, 0.6) is 0 Å². The quantitative estimate of drug-likeness (QED) is 0.719. The van der Waals surface area contributed by atoms with E-state index in [0.717, 1.165) is 41.4 Å². The van der Waals surface area contributed by atoms with Crippen molar-refractivity contribution in [3.05, 3.63) is 29.0 Å². The molecule has 0 atom stereocenters. The maximum absolute atomic E-state index is 5.96. The number of aromatic amines is 1. The van der Waals surface area contributed by atoms with E-state index in [-0.39, 0.29) is 0 Å². The molecule has 19 heavy (non-hydrogen) atoms. The van der Waals surface area contributed by atoms with Gasteiger partial charge in [0.05, 0.1) is 11.0 Å². The van der Waals surface area contributed by atoms with Crippen LogP contribution in [0.4, 0.5) is 0 Å². The Morgan fingerprint density at radius 1 is 1.21 bits per heavy atom. The predicted molar refractivity (Wildman–Crippen MR) is 81.8 cm³/mol. The van der Waals surface area contributed by atoms with Gasteiger partial charge in [0.1, 0.15) is 5.82 Å². The molecule has 0 saturated carbocycles. The smallest absolute Gasteiger partial charge is 0.108 e. The topological polar surface area (TPSA) is 40.7 Å². The number of aromatic nitrogens is 2. The molecule has 3 nitrogen and oxygen atoms in total. The zero-order valence-electron chi connectivity index (χ0n) is 11.5. The van der Waals surface area contributed by atoms with E-state index in [9.17, 15) is 0 Å². The van der Waals surface area contributed by atoms with Crippen LogP contribution in [0, 0.1) is 0 Å². The lowest BCUT2D eigenvalue weighted by Crippen LogP contribution is -2.18. The fraction of sp³-hybridized carbons (Fsp3) is 0.533. The number of hydrogen-bond acceptors (Lipinski definition) is 2. The SMILES string of the molecule is CCCCCCNCCc1nc2ccc(Cl)cc2[nH]1. The van der Waals surface area contributed by atoms with Gasteiger partial charge in [-0.25, -0.2) is 4.98 Å². The molecule has 0 aliphatic rings. The molecule has 1 heterocycles. The molecule has 2 rings (SSSR count). The minimum absolute atomic E-state index is 0.747. The van der Waals surface area contributed by atoms with E-state index >= 15 is 0 Å². The molecule has 2 aromatic rings. The Bertz CT molecular complexity index is 507. The zero-order chi connectivity index (χ0) is 13.5. The first-order chi connectivity index (χ1) is 9.29. The lowest BCUT2D eigenvalue weighted by molar-refractivity contribution is 0.595. The van der Waals surface area contributed by atoms with E-state index in [1.165, 1.54) is 25.7 Å². The van der Waals surface area contributed by atoms with Gasteiger partial charge in [0.15, 0.2) is 0 Å². The fourth-order valence-electron chi connectivity index (χ4n) is 2.16. The normalized spacial score (nSPS) is 11.3. The average molecular weight is 280 g/mol. The van der Waals surface area contributed by atoms with Crippen molar-refractivity contribution in [2.45, 2.75) is 39.0 Å². The molecule has 0 aliphatic carbocycles. The van der Waals surface area contributed by atoms with Gasteiger partial charge in [-0.2, -0.15) is 0 Å². The molecule has 0 unspecified atom stereocenters. The van der Waals surface area contributed by atoms with Gasteiger partial charge in [0, 0.05) is 18.0 Å². The first-order valence-corrected chi connectivity index (χ1v) is 7.52. The minimum Gasteiger partial charge on any atom is -0.342 e. The number of benzene rings is 1. The second-order valence-electron chi connectivity index (χ2n) is 4.91. The highest BCUT2D eigenvalue weighted by atomic mass is 35.5. The summed E-state index contributed by atoms with van der Waals surface area (Å²) >= 11 is 5.96. The van der Waals surface area contributed by atoms with E-state index in [0.29, 0.717) is 0 Å². The van der Waals surface area contributed by atoms with Crippen LogP contribution in [-0.4, -0.2) is 23.1 Å². The average Bonchev–Trinajstić information content (AvgIpc) is 2.79. The second kappa shape index (κ2) is 7.51. The molecule has 0 radical (unpaired) electrons. The third kappa shape index (κ3) is 4.51. The molecule has 2 N–H and O–H groups in total. The molecule has 0 bridgehead atoms.